The van der Waals surface area contributed by atoms with Gasteiger partial charge in [0.2, 0.25) is 5.91 Å². The lowest BCUT2D eigenvalue weighted by molar-refractivity contribution is -0.124. The number of hydrogen-bond acceptors (Lipinski definition) is 4. The Morgan fingerprint density at radius 3 is 2.82 bits per heavy atom. The molecule has 0 radical (unpaired) electrons. The summed E-state index contributed by atoms with van der Waals surface area (Å²) in [5, 5.41) is 2.48. The van der Waals surface area contributed by atoms with E-state index in [1.54, 1.807) is 24.3 Å². The predicted molar refractivity (Wildman–Crippen MR) is 60.3 cm³/mol. The van der Waals surface area contributed by atoms with Crippen LogP contribution in [-0.2, 0) is 9.63 Å². The largest absolute Gasteiger partial charge is 0.497 e. The third-order valence-corrected chi connectivity index (χ3v) is 1.71. The molecule has 0 saturated carbocycles. The minimum absolute atomic E-state index is 0.383. The molecule has 0 aliphatic rings. The summed E-state index contributed by atoms with van der Waals surface area (Å²) in [6.07, 6.45) is 0. The van der Waals surface area contributed by atoms with Gasteiger partial charge >= 0.3 is 6.03 Å². The van der Waals surface area contributed by atoms with E-state index in [1.165, 1.54) is 7.11 Å². The average Bonchev–Trinajstić information content (AvgIpc) is 2.28. The number of benzene rings is 1. The van der Waals surface area contributed by atoms with Crippen LogP contribution in [0.3, 0.4) is 0 Å². The van der Waals surface area contributed by atoms with Gasteiger partial charge in [0.25, 0.3) is 0 Å². The van der Waals surface area contributed by atoms with E-state index in [1.807, 2.05) is 5.48 Å². The molecule has 7 nitrogen and oxygen atoms in total. The number of rotatable bonds is 5. The van der Waals surface area contributed by atoms with Gasteiger partial charge in [-0.3, -0.25) is 9.63 Å². The molecule has 1 rings (SSSR count). The first-order valence-corrected chi connectivity index (χ1v) is 4.73. The molecule has 3 amide bonds. The first-order valence-electron chi connectivity index (χ1n) is 4.73. The second kappa shape index (κ2) is 6.33. The van der Waals surface area contributed by atoms with Crippen molar-refractivity contribution in [2.75, 3.05) is 19.0 Å². The number of urea groups is 1. The Morgan fingerprint density at radius 1 is 1.41 bits per heavy atom. The van der Waals surface area contributed by atoms with E-state index in [4.69, 9.17) is 10.5 Å². The van der Waals surface area contributed by atoms with E-state index in [9.17, 15) is 9.59 Å². The fourth-order valence-electron chi connectivity index (χ4n) is 1.03. The number of amides is 3. The van der Waals surface area contributed by atoms with Crippen LogP contribution < -0.4 is 21.3 Å². The van der Waals surface area contributed by atoms with Gasteiger partial charge < -0.3 is 15.8 Å². The van der Waals surface area contributed by atoms with Crippen LogP contribution in [0.25, 0.3) is 0 Å². The highest BCUT2D eigenvalue weighted by molar-refractivity contribution is 5.88. The number of hydroxylamine groups is 1. The van der Waals surface area contributed by atoms with Crippen LogP contribution >= 0.6 is 0 Å². The maximum Gasteiger partial charge on any atom is 0.343 e. The lowest BCUT2D eigenvalue weighted by Gasteiger charge is -2.07. The van der Waals surface area contributed by atoms with Crippen molar-refractivity contribution in [3.63, 3.8) is 0 Å². The van der Waals surface area contributed by atoms with Crippen molar-refractivity contribution in [1.82, 2.24) is 5.48 Å². The topological polar surface area (TPSA) is 103 Å². The number of hydrogen-bond donors (Lipinski definition) is 3. The minimum atomic E-state index is -0.674. The Kier molecular flexibility index (Phi) is 4.77. The second-order valence-corrected chi connectivity index (χ2v) is 3.04. The number of primary amides is 1. The Balaban J connectivity index is 2.42. The van der Waals surface area contributed by atoms with Gasteiger partial charge in [-0.15, -0.1) is 0 Å². The van der Waals surface area contributed by atoms with Crippen molar-refractivity contribution >= 4 is 17.6 Å². The molecular formula is C10H13N3O4. The number of nitrogens with two attached hydrogens (primary N) is 1. The molecule has 0 aliphatic carbocycles. The van der Waals surface area contributed by atoms with Gasteiger partial charge in [0.15, 0.2) is 6.61 Å². The van der Waals surface area contributed by atoms with Crippen molar-refractivity contribution in [3.8, 4) is 5.75 Å². The van der Waals surface area contributed by atoms with Crippen molar-refractivity contribution in [1.29, 1.82) is 0 Å². The van der Waals surface area contributed by atoms with E-state index in [2.05, 4.69) is 10.2 Å². The number of carbonyl (C=O) groups excluding carboxylic acids is 2. The summed E-state index contributed by atoms with van der Waals surface area (Å²) in [4.78, 5) is 26.1. The molecule has 0 saturated heterocycles. The summed E-state index contributed by atoms with van der Waals surface area (Å²) < 4.78 is 4.98. The zero-order chi connectivity index (χ0) is 12.7. The molecule has 7 heteroatoms. The highest BCUT2D eigenvalue weighted by Gasteiger charge is 2.03. The molecule has 0 spiro atoms. The van der Waals surface area contributed by atoms with E-state index in [-0.39, 0.29) is 6.61 Å². The number of anilines is 1. The first kappa shape index (κ1) is 12.8. The third-order valence-electron chi connectivity index (χ3n) is 1.71. The van der Waals surface area contributed by atoms with E-state index < -0.39 is 11.9 Å². The molecule has 0 aromatic heterocycles. The SMILES string of the molecule is COc1cccc(NC(=O)NOCC(N)=O)c1. The smallest absolute Gasteiger partial charge is 0.343 e. The summed E-state index contributed by atoms with van der Waals surface area (Å²) in [7, 11) is 1.52. The molecule has 0 bridgehead atoms. The molecule has 4 N–H and O–H groups in total. The molecule has 0 fully saturated rings. The van der Waals surface area contributed by atoms with Gasteiger partial charge in [0, 0.05) is 11.8 Å². The predicted octanol–water partition coefficient (Wildman–Crippen LogP) is 0.234. The summed E-state index contributed by atoms with van der Waals surface area (Å²) in [5.74, 6) is -0.0625. The standard InChI is InChI=1S/C10H13N3O4/c1-16-8-4-2-3-7(5-8)12-10(15)13-17-6-9(11)14/h2-5H,6H2,1H3,(H2,11,14)(H2,12,13,15). The molecule has 0 unspecified atom stereocenters. The molecular weight excluding hydrogens is 226 g/mol. The molecule has 0 aliphatic heterocycles. The molecule has 1 aromatic rings. The average molecular weight is 239 g/mol. The fourth-order valence-corrected chi connectivity index (χ4v) is 1.03. The molecule has 0 atom stereocenters. The highest BCUT2D eigenvalue weighted by atomic mass is 16.7. The van der Waals surface area contributed by atoms with E-state index >= 15 is 0 Å². The number of ether oxygens (including phenoxy) is 1. The van der Waals surface area contributed by atoms with Crippen LogP contribution in [-0.4, -0.2) is 25.7 Å². The Morgan fingerprint density at radius 2 is 2.18 bits per heavy atom. The first-order chi connectivity index (χ1) is 8.11. The van der Waals surface area contributed by atoms with Gasteiger partial charge in [0.05, 0.1) is 7.11 Å². The van der Waals surface area contributed by atoms with Crippen molar-refractivity contribution < 1.29 is 19.2 Å². The van der Waals surface area contributed by atoms with E-state index in [0.29, 0.717) is 11.4 Å². The second-order valence-electron chi connectivity index (χ2n) is 3.04. The zero-order valence-electron chi connectivity index (χ0n) is 9.23. The third kappa shape index (κ3) is 4.85. The number of carbonyl (C=O) groups is 2. The fraction of sp³-hybridized carbons (Fsp3) is 0.200. The van der Waals surface area contributed by atoms with Gasteiger partial charge in [-0.25, -0.2) is 10.3 Å². The number of methoxy groups -OCH3 is 1. The Labute approximate surface area is 97.8 Å². The van der Waals surface area contributed by atoms with Crippen LogP contribution in [0.4, 0.5) is 10.5 Å². The minimum Gasteiger partial charge on any atom is -0.497 e. The summed E-state index contributed by atoms with van der Waals surface area (Å²) in [6.45, 7) is -0.383. The van der Waals surface area contributed by atoms with E-state index in [0.717, 1.165) is 0 Å². The lowest BCUT2D eigenvalue weighted by Crippen LogP contribution is -2.32. The van der Waals surface area contributed by atoms with Crippen LogP contribution in [0.1, 0.15) is 0 Å². The maximum absolute atomic E-state index is 11.3. The lowest BCUT2D eigenvalue weighted by atomic mass is 10.3. The quantitative estimate of drug-likeness (QED) is 0.640. The molecule has 92 valence electrons. The highest BCUT2D eigenvalue weighted by Crippen LogP contribution is 2.16. The van der Waals surface area contributed by atoms with Crippen LogP contribution in [0.2, 0.25) is 0 Å². The Hall–Kier alpha value is -2.28. The summed E-state index contributed by atoms with van der Waals surface area (Å²) in [5.41, 5.74) is 7.36. The number of nitrogens with one attached hydrogen (secondary N) is 2. The maximum atomic E-state index is 11.3. The Bertz CT molecular complexity index is 408. The summed E-state index contributed by atoms with van der Waals surface area (Å²) >= 11 is 0. The van der Waals surface area contributed by atoms with Crippen molar-refractivity contribution in [3.05, 3.63) is 24.3 Å². The van der Waals surface area contributed by atoms with Gasteiger partial charge in [0.1, 0.15) is 5.75 Å². The van der Waals surface area contributed by atoms with Crippen molar-refractivity contribution in [2.45, 2.75) is 0 Å². The summed E-state index contributed by atoms with van der Waals surface area (Å²) in [6, 6.07) is 6.16. The molecule has 0 heterocycles. The van der Waals surface area contributed by atoms with Crippen molar-refractivity contribution in [2.24, 2.45) is 5.73 Å². The molecule has 17 heavy (non-hydrogen) atoms. The monoisotopic (exact) mass is 239 g/mol. The van der Waals surface area contributed by atoms with Crippen LogP contribution in [0.5, 0.6) is 5.75 Å². The van der Waals surface area contributed by atoms with Gasteiger partial charge in [-0.1, -0.05) is 6.07 Å². The normalized spacial score (nSPS) is 9.47. The van der Waals surface area contributed by atoms with Gasteiger partial charge in [-0.05, 0) is 12.1 Å². The zero-order valence-corrected chi connectivity index (χ0v) is 9.23. The van der Waals surface area contributed by atoms with Crippen LogP contribution in [0.15, 0.2) is 24.3 Å². The van der Waals surface area contributed by atoms with Gasteiger partial charge in [-0.2, -0.15) is 0 Å². The van der Waals surface area contributed by atoms with Crippen LogP contribution in [0, 0.1) is 0 Å². The molecule has 1 aromatic carbocycles.